The number of hydrogen-bond donors (Lipinski definition) is 2. The first-order chi connectivity index (χ1) is 9.25. The Hall–Kier alpha value is -2.17. The summed E-state index contributed by atoms with van der Waals surface area (Å²) in [7, 11) is 0. The zero-order valence-electron chi connectivity index (χ0n) is 10.5. The molecule has 0 aromatic carbocycles. The fourth-order valence-corrected chi connectivity index (χ4v) is 2.70. The summed E-state index contributed by atoms with van der Waals surface area (Å²) < 4.78 is 0. The SMILES string of the molecule is O=c1[nH]c(-c2ccncc2)nc(O)c1C1CCCC1. The standard InChI is InChI=1S/C14H15N3O2/c18-13-11(9-3-1-2-4-9)14(19)17-12(16-13)10-5-7-15-8-6-10/h5-9H,1-4H2,(H2,16,17,18,19). The molecule has 2 N–H and O–H groups in total. The third-order valence-corrected chi connectivity index (χ3v) is 3.65. The summed E-state index contributed by atoms with van der Waals surface area (Å²) in [5, 5.41) is 10.0. The largest absolute Gasteiger partial charge is 0.493 e. The summed E-state index contributed by atoms with van der Waals surface area (Å²) >= 11 is 0. The average Bonchev–Trinajstić information content (AvgIpc) is 2.93. The maximum absolute atomic E-state index is 12.2. The van der Waals surface area contributed by atoms with E-state index >= 15 is 0 Å². The molecule has 98 valence electrons. The quantitative estimate of drug-likeness (QED) is 0.864. The first kappa shape index (κ1) is 11.9. The summed E-state index contributed by atoms with van der Waals surface area (Å²) in [6.07, 6.45) is 7.36. The Balaban J connectivity index is 2.05. The summed E-state index contributed by atoms with van der Waals surface area (Å²) in [4.78, 5) is 22.9. The van der Waals surface area contributed by atoms with Gasteiger partial charge < -0.3 is 10.1 Å². The molecule has 1 fully saturated rings. The van der Waals surface area contributed by atoms with E-state index in [9.17, 15) is 9.90 Å². The van der Waals surface area contributed by atoms with Crippen LogP contribution in [0.25, 0.3) is 11.4 Å². The van der Waals surface area contributed by atoms with Crippen molar-refractivity contribution in [2.75, 3.05) is 0 Å². The Labute approximate surface area is 110 Å². The number of nitrogens with one attached hydrogen (secondary N) is 1. The Bertz CT molecular complexity index is 631. The predicted molar refractivity (Wildman–Crippen MR) is 71.0 cm³/mol. The van der Waals surface area contributed by atoms with Crippen molar-refractivity contribution in [3.05, 3.63) is 40.4 Å². The van der Waals surface area contributed by atoms with Crippen LogP contribution in [0.2, 0.25) is 0 Å². The zero-order valence-corrected chi connectivity index (χ0v) is 10.5. The van der Waals surface area contributed by atoms with Crippen molar-refractivity contribution in [1.29, 1.82) is 0 Å². The lowest BCUT2D eigenvalue weighted by Gasteiger charge is -2.10. The lowest BCUT2D eigenvalue weighted by Crippen LogP contribution is -2.17. The third kappa shape index (κ3) is 2.23. The van der Waals surface area contributed by atoms with Crippen molar-refractivity contribution in [3.8, 4) is 17.3 Å². The molecule has 0 radical (unpaired) electrons. The maximum Gasteiger partial charge on any atom is 0.258 e. The first-order valence-electron chi connectivity index (χ1n) is 6.49. The van der Waals surface area contributed by atoms with Crippen molar-refractivity contribution in [2.24, 2.45) is 0 Å². The van der Waals surface area contributed by atoms with E-state index in [4.69, 9.17) is 0 Å². The average molecular weight is 257 g/mol. The highest BCUT2D eigenvalue weighted by Crippen LogP contribution is 2.35. The minimum Gasteiger partial charge on any atom is -0.493 e. The lowest BCUT2D eigenvalue weighted by atomic mass is 10.00. The number of H-pyrrole nitrogens is 1. The van der Waals surface area contributed by atoms with Crippen LogP contribution in [-0.2, 0) is 0 Å². The van der Waals surface area contributed by atoms with Crippen molar-refractivity contribution < 1.29 is 5.11 Å². The van der Waals surface area contributed by atoms with Gasteiger partial charge in [-0.05, 0) is 30.9 Å². The highest BCUT2D eigenvalue weighted by atomic mass is 16.3. The molecule has 19 heavy (non-hydrogen) atoms. The fraction of sp³-hybridized carbons (Fsp3) is 0.357. The molecular formula is C14H15N3O2. The number of nitrogens with zero attached hydrogens (tertiary/aromatic N) is 2. The van der Waals surface area contributed by atoms with Crippen LogP contribution in [0.3, 0.4) is 0 Å². The molecule has 2 aromatic rings. The number of aromatic amines is 1. The molecule has 2 aromatic heterocycles. The summed E-state index contributed by atoms with van der Waals surface area (Å²) in [6.45, 7) is 0. The Morgan fingerprint density at radius 2 is 1.89 bits per heavy atom. The van der Waals surface area contributed by atoms with Crippen LogP contribution in [0, 0.1) is 0 Å². The highest BCUT2D eigenvalue weighted by molar-refractivity contribution is 5.54. The Morgan fingerprint density at radius 1 is 1.21 bits per heavy atom. The van der Waals surface area contributed by atoms with Crippen LogP contribution in [0.15, 0.2) is 29.3 Å². The molecule has 5 heteroatoms. The number of pyridine rings is 1. The molecule has 1 saturated carbocycles. The monoisotopic (exact) mass is 257 g/mol. The van der Waals surface area contributed by atoms with Gasteiger partial charge in [0.1, 0.15) is 5.82 Å². The van der Waals surface area contributed by atoms with Crippen molar-refractivity contribution in [3.63, 3.8) is 0 Å². The molecular weight excluding hydrogens is 242 g/mol. The van der Waals surface area contributed by atoms with E-state index in [0.717, 1.165) is 31.2 Å². The van der Waals surface area contributed by atoms with Gasteiger partial charge in [0.2, 0.25) is 5.88 Å². The number of aromatic nitrogens is 3. The van der Waals surface area contributed by atoms with Gasteiger partial charge in [0.05, 0.1) is 5.56 Å². The van der Waals surface area contributed by atoms with E-state index < -0.39 is 0 Å². The van der Waals surface area contributed by atoms with E-state index in [1.54, 1.807) is 24.5 Å². The van der Waals surface area contributed by atoms with Crippen LogP contribution in [0.4, 0.5) is 0 Å². The van der Waals surface area contributed by atoms with E-state index in [-0.39, 0.29) is 17.4 Å². The Morgan fingerprint density at radius 3 is 2.53 bits per heavy atom. The normalized spacial score (nSPS) is 15.8. The molecule has 0 atom stereocenters. The highest BCUT2D eigenvalue weighted by Gasteiger charge is 2.24. The van der Waals surface area contributed by atoms with Gasteiger partial charge in [0.15, 0.2) is 0 Å². The van der Waals surface area contributed by atoms with Gasteiger partial charge in [-0.2, -0.15) is 4.98 Å². The molecule has 1 aliphatic carbocycles. The van der Waals surface area contributed by atoms with Crippen LogP contribution in [-0.4, -0.2) is 20.1 Å². The van der Waals surface area contributed by atoms with E-state index in [1.807, 2.05) is 0 Å². The van der Waals surface area contributed by atoms with Crippen LogP contribution in [0.1, 0.15) is 37.2 Å². The second-order valence-corrected chi connectivity index (χ2v) is 4.87. The zero-order chi connectivity index (χ0) is 13.2. The minimum absolute atomic E-state index is 0.137. The van der Waals surface area contributed by atoms with Crippen LogP contribution >= 0.6 is 0 Å². The van der Waals surface area contributed by atoms with Gasteiger partial charge in [-0.15, -0.1) is 0 Å². The molecule has 0 unspecified atom stereocenters. The first-order valence-corrected chi connectivity index (χ1v) is 6.49. The molecule has 0 bridgehead atoms. The van der Waals surface area contributed by atoms with Gasteiger partial charge in [0, 0.05) is 18.0 Å². The number of rotatable bonds is 2. The summed E-state index contributed by atoms with van der Waals surface area (Å²) in [5.41, 5.74) is 0.946. The van der Waals surface area contributed by atoms with Gasteiger partial charge >= 0.3 is 0 Å². The smallest absolute Gasteiger partial charge is 0.258 e. The molecule has 0 saturated heterocycles. The molecule has 0 aliphatic heterocycles. The summed E-state index contributed by atoms with van der Waals surface area (Å²) in [5.74, 6) is 0.386. The van der Waals surface area contributed by atoms with Gasteiger partial charge in [-0.3, -0.25) is 9.78 Å². The molecule has 1 aliphatic rings. The molecule has 3 rings (SSSR count). The van der Waals surface area contributed by atoms with E-state index in [1.165, 1.54) is 0 Å². The third-order valence-electron chi connectivity index (χ3n) is 3.65. The molecule has 0 amide bonds. The number of aromatic hydroxyl groups is 1. The van der Waals surface area contributed by atoms with Gasteiger partial charge in [0.25, 0.3) is 5.56 Å². The second-order valence-electron chi connectivity index (χ2n) is 4.87. The van der Waals surface area contributed by atoms with E-state index in [2.05, 4.69) is 15.0 Å². The van der Waals surface area contributed by atoms with Crippen molar-refractivity contribution in [2.45, 2.75) is 31.6 Å². The summed E-state index contributed by atoms with van der Waals surface area (Å²) in [6, 6.07) is 3.49. The Kier molecular flexibility index (Phi) is 3.03. The van der Waals surface area contributed by atoms with Gasteiger partial charge in [-0.1, -0.05) is 12.8 Å². The molecule has 5 nitrogen and oxygen atoms in total. The minimum atomic E-state index is -0.230. The second kappa shape index (κ2) is 4.84. The lowest BCUT2D eigenvalue weighted by molar-refractivity contribution is 0.436. The van der Waals surface area contributed by atoms with Gasteiger partial charge in [-0.25, -0.2) is 0 Å². The van der Waals surface area contributed by atoms with Crippen LogP contribution < -0.4 is 5.56 Å². The molecule has 0 spiro atoms. The molecule has 2 heterocycles. The fourth-order valence-electron chi connectivity index (χ4n) is 2.70. The van der Waals surface area contributed by atoms with E-state index in [0.29, 0.717) is 11.4 Å². The van der Waals surface area contributed by atoms with Crippen molar-refractivity contribution >= 4 is 0 Å². The van der Waals surface area contributed by atoms with Crippen molar-refractivity contribution in [1.82, 2.24) is 15.0 Å². The van der Waals surface area contributed by atoms with Crippen LogP contribution in [0.5, 0.6) is 5.88 Å². The topological polar surface area (TPSA) is 78.9 Å². The predicted octanol–water partition coefficient (Wildman–Crippen LogP) is 2.20. The maximum atomic E-state index is 12.2. The number of hydrogen-bond acceptors (Lipinski definition) is 4.